The van der Waals surface area contributed by atoms with E-state index in [1.54, 1.807) is 0 Å². The van der Waals surface area contributed by atoms with Crippen LogP contribution in [0.2, 0.25) is 0 Å². The number of nitrogens with zero attached hydrogens (tertiary/aromatic N) is 2. The molecule has 1 aliphatic rings. The summed E-state index contributed by atoms with van der Waals surface area (Å²) >= 11 is 0. The van der Waals surface area contributed by atoms with Gasteiger partial charge in [-0.2, -0.15) is 0 Å². The Balaban J connectivity index is 2.35. The van der Waals surface area contributed by atoms with Gasteiger partial charge < -0.3 is 15.4 Å². The lowest BCUT2D eigenvalue weighted by molar-refractivity contribution is -0.384. The topological polar surface area (TPSA) is 98.7 Å². The lowest BCUT2D eigenvalue weighted by Gasteiger charge is -2.26. The lowest BCUT2D eigenvalue weighted by Crippen LogP contribution is -2.40. The third-order valence-electron chi connectivity index (χ3n) is 2.78. The van der Waals surface area contributed by atoms with Crippen LogP contribution in [-0.2, 0) is 4.74 Å². The Kier molecular flexibility index (Phi) is 3.42. The van der Waals surface area contributed by atoms with Gasteiger partial charge >= 0.3 is 5.69 Å². The Labute approximate surface area is 103 Å². The third kappa shape index (κ3) is 2.25. The van der Waals surface area contributed by atoms with Gasteiger partial charge in [0.1, 0.15) is 11.3 Å². The van der Waals surface area contributed by atoms with E-state index in [1.165, 1.54) is 23.1 Å². The van der Waals surface area contributed by atoms with Crippen LogP contribution in [0.5, 0.6) is 0 Å². The first kappa shape index (κ1) is 12.3. The molecule has 0 bridgehead atoms. The highest BCUT2D eigenvalue weighted by molar-refractivity contribution is 6.00. The minimum atomic E-state index is -0.622. The quantitative estimate of drug-likeness (QED) is 0.472. The van der Waals surface area contributed by atoms with E-state index in [1.807, 2.05) is 0 Å². The zero-order valence-corrected chi connectivity index (χ0v) is 9.67. The maximum Gasteiger partial charge on any atom is 0.304 e. The number of amides is 1. The molecule has 1 aromatic rings. The number of para-hydroxylation sites is 1. The average Bonchev–Trinajstić information content (AvgIpc) is 2.38. The molecule has 1 aromatic carbocycles. The molecule has 2 rings (SSSR count). The smallest absolute Gasteiger partial charge is 0.304 e. The van der Waals surface area contributed by atoms with E-state index in [9.17, 15) is 14.9 Å². The van der Waals surface area contributed by atoms with Crippen LogP contribution in [0.1, 0.15) is 10.4 Å². The maximum absolute atomic E-state index is 12.2. The van der Waals surface area contributed by atoms with Crippen LogP contribution < -0.4 is 5.73 Å². The Morgan fingerprint density at radius 3 is 2.67 bits per heavy atom. The summed E-state index contributed by atoms with van der Waals surface area (Å²) in [5.74, 6) is -0.377. The van der Waals surface area contributed by atoms with E-state index >= 15 is 0 Å². The highest BCUT2D eigenvalue weighted by Gasteiger charge is 2.27. The predicted molar refractivity (Wildman–Crippen MR) is 64.2 cm³/mol. The normalized spacial score (nSPS) is 15.4. The van der Waals surface area contributed by atoms with Crippen LogP contribution in [0.4, 0.5) is 11.4 Å². The zero-order valence-electron chi connectivity index (χ0n) is 9.67. The number of hydrogen-bond acceptors (Lipinski definition) is 5. The highest BCUT2D eigenvalue weighted by Crippen LogP contribution is 2.27. The molecule has 1 heterocycles. The Hall–Kier alpha value is -2.15. The van der Waals surface area contributed by atoms with Gasteiger partial charge in [-0.25, -0.2) is 0 Å². The molecule has 0 radical (unpaired) electrons. The van der Waals surface area contributed by atoms with Crippen LogP contribution in [0.15, 0.2) is 18.2 Å². The Bertz CT molecular complexity index is 483. The van der Waals surface area contributed by atoms with E-state index in [-0.39, 0.29) is 22.8 Å². The Morgan fingerprint density at radius 1 is 1.39 bits per heavy atom. The lowest BCUT2D eigenvalue weighted by atomic mass is 10.1. The van der Waals surface area contributed by atoms with Crippen molar-refractivity contribution < 1.29 is 14.5 Å². The van der Waals surface area contributed by atoms with Gasteiger partial charge in [0.05, 0.1) is 18.1 Å². The number of nitrogen functional groups attached to an aromatic ring is 1. The highest BCUT2D eigenvalue weighted by atomic mass is 16.6. The number of nitro groups is 1. The number of carbonyl (C=O) groups is 1. The fourth-order valence-electron chi connectivity index (χ4n) is 1.87. The van der Waals surface area contributed by atoms with Crippen molar-refractivity contribution in [1.29, 1.82) is 0 Å². The summed E-state index contributed by atoms with van der Waals surface area (Å²) in [5.41, 5.74) is 5.26. The number of anilines is 1. The molecule has 0 unspecified atom stereocenters. The first-order chi connectivity index (χ1) is 8.61. The van der Waals surface area contributed by atoms with Crippen molar-refractivity contribution in [3.8, 4) is 0 Å². The van der Waals surface area contributed by atoms with Gasteiger partial charge in [-0.1, -0.05) is 6.07 Å². The van der Waals surface area contributed by atoms with Crippen LogP contribution in [0, 0.1) is 10.1 Å². The van der Waals surface area contributed by atoms with Crippen LogP contribution >= 0.6 is 0 Å². The van der Waals surface area contributed by atoms with Crippen molar-refractivity contribution >= 4 is 17.3 Å². The minimum Gasteiger partial charge on any atom is -0.393 e. The number of morpholine rings is 1. The fraction of sp³-hybridized carbons (Fsp3) is 0.364. The minimum absolute atomic E-state index is 0.000825. The van der Waals surface area contributed by atoms with Crippen molar-refractivity contribution in [2.24, 2.45) is 0 Å². The van der Waals surface area contributed by atoms with Gasteiger partial charge in [-0.05, 0) is 12.1 Å². The van der Waals surface area contributed by atoms with Gasteiger partial charge in [0.15, 0.2) is 0 Å². The number of carbonyl (C=O) groups excluding carboxylic acids is 1. The maximum atomic E-state index is 12.2. The molecule has 2 N–H and O–H groups in total. The van der Waals surface area contributed by atoms with Crippen molar-refractivity contribution in [2.75, 3.05) is 32.0 Å². The van der Waals surface area contributed by atoms with E-state index in [4.69, 9.17) is 10.5 Å². The molecular weight excluding hydrogens is 238 g/mol. The summed E-state index contributed by atoms with van der Waals surface area (Å²) in [6, 6.07) is 4.37. The molecule has 0 aliphatic carbocycles. The van der Waals surface area contributed by atoms with Crippen molar-refractivity contribution in [3.63, 3.8) is 0 Å². The van der Waals surface area contributed by atoms with Gasteiger partial charge in [0, 0.05) is 13.1 Å². The monoisotopic (exact) mass is 251 g/mol. The fourth-order valence-corrected chi connectivity index (χ4v) is 1.87. The third-order valence-corrected chi connectivity index (χ3v) is 2.78. The van der Waals surface area contributed by atoms with Crippen molar-refractivity contribution in [3.05, 3.63) is 33.9 Å². The molecule has 0 atom stereocenters. The SMILES string of the molecule is Nc1cccc(C(=O)N2CCOCC2)c1[N+](=O)[O-]. The molecule has 7 nitrogen and oxygen atoms in total. The summed E-state index contributed by atoms with van der Waals surface area (Å²) in [6.45, 7) is 1.76. The van der Waals surface area contributed by atoms with E-state index < -0.39 is 4.92 Å². The summed E-state index contributed by atoms with van der Waals surface area (Å²) in [6.07, 6.45) is 0. The second kappa shape index (κ2) is 5.01. The summed E-state index contributed by atoms with van der Waals surface area (Å²) in [4.78, 5) is 24.1. The molecule has 96 valence electrons. The van der Waals surface area contributed by atoms with Gasteiger partial charge in [-0.3, -0.25) is 14.9 Å². The molecular formula is C11H13N3O4. The van der Waals surface area contributed by atoms with Crippen molar-refractivity contribution in [2.45, 2.75) is 0 Å². The molecule has 1 saturated heterocycles. The Morgan fingerprint density at radius 2 is 2.06 bits per heavy atom. The zero-order chi connectivity index (χ0) is 13.1. The van der Waals surface area contributed by atoms with Crippen LogP contribution in [0.3, 0.4) is 0 Å². The van der Waals surface area contributed by atoms with Gasteiger partial charge in [0.2, 0.25) is 0 Å². The summed E-state index contributed by atoms with van der Waals surface area (Å²) in [7, 11) is 0. The average molecular weight is 251 g/mol. The molecule has 1 amide bonds. The molecule has 1 fully saturated rings. The summed E-state index contributed by atoms with van der Waals surface area (Å²) in [5, 5.41) is 11.0. The van der Waals surface area contributed by atoms with Crippen molar-refractivity contribution in [1.82, 2.24) is 4.90 Å². The molecule has 18 heavy (non-hydrogen) atoms. The molecule has 1 aliphatic heterocycles. The number of hydrogen-bond donors (Lipinski definition) is 1. The van der Waals surface area contributed by atoms with E-state index in [2.05, 4.69) is 0 Å². The van der Waals surface area contributed by atoms with Crippen LogP contribution in [-0.4, -0.2) is 42.0 Å². The molecule has 0 aromatic heterocycles. The first-order valence-electron chi connectivity index (χ1n) is 5.51. The largest absolute Gasteiger partial charge is 0.393 e. The molecule has 7 heteroatoms. The van der Waals surface area contributed by atoms with E-state index in [0.717, 1.165) is 0 Å². The number of nitro benzene ring substituents is 1. The summed E-state index contributed by atoms with van der Waals surface area (Å²) < 4.78 is 5.13. The first-order valence-corrected chi connectivity index (χ1v) is 5.51. The number of ether oxygens (including phenoxy) is 1. The number of benzene rings is 1. The van der Waals surface area contributed by atoms with E-state index in [0.29, 0.717) is 26.3 Å². The number of nitrogens with two attached hydrogens (primary N) is 1. The standard InChI is InChI=1S/C11H13N3O4/c12-9-3-1-2-8(10(9)14(16)17)11(15)13-4-6-18-7-5-13/h1-3H,4-7,12H2. The predicted octanol–water partition coefficient (Wildman–Crippen LogP) is 0.649. The molecule has 0 spiro atoms. The van der Waals surface area contributed by atoms with Crippen LogP contribution in [0.25, 0.3) is 0 Å². The number of rotatable bonds is 2. The van der Waals surface area contributed by atoms with Gasteiger partial charge in [-0.15, -0.1) is 0 Å². The van der Waals surface area contributed by atoms with Gasteiger partial charge in [0.25, 0.3) is 5.91 Å². The second-order valence-electron chi connectivity index (χ2n) is 3.91. The second-order valence-corrected chi connectivity index (χ2v) is 3.91. The molecule has 0 saturated carbocycles.